The molecule has 6 nitrogen and oxygen atoms in total. The Morgan fingerprint density at radius 2 is 2.00 bits per heavy atom. The van der Waals surface area contributed by atoms with Gasteiger partial charge in [-0.1, -0.05) is 6.92 Å². The van der Waals surface area contributed by atoms with Gasteiger partial charge in [-0.2, -0.15) is 5.10 Å². The predicted octanol–water partition coefficient (Wildman–Crippen LogP) is 1.76. The minimum atomic E-state index is -0.291. The third-order valence-electron chi connectivity index (χ3n) is 3.36. The van der Waals surface area contributed by atoms with E-state index in [1.54, 1.807) is 10.8 Å². The lowest BCUT2D eigenvalue weighted by Crippen LogP contribution is -2.39. The molecule has 0 atom stereocenters. The summed E-state index contributed by atoms with van der Waals surface area (Å²) in [6.45, 7) is 7.37. The molecule has 0 N–H and O–H groups in total. The molecule has 0 aromatic carbocycles. The molecule has 0 fully saturated rings. The molecule has 2 heterocycles. The number of halogens is 1. The van der Waals surface area contributed by atoms with E-state index >= 15 is 0 Å². The highest BCUT2D eigenvalue weighted by Gasteiger charge is 2.15. The van der Waals surface area contributed by atoms with Crippen molar-refractivity contribution in [3.63, 3.8) is 0 Å². The maximum Gasteiger partial charge on any atom is 0.331 e. The highest BCUT2D eigenvalue weighted by atomic mass is 79.9. The Kier molecular flexibility index (Phi) is 4.82. The van der Waals surface area contributed by atoms with Crippen molar-refractivity contribution in [2.75, 3.05) is 0 Å². The number of aromatic nitrogens is 4. The van der Waals surface area contributed by atoms with E-state index in [1.807, 2.05) is 25.5 Å². The summed E-state index contributed by atoms with van der Waals surface area (Å²) in [7, 11) is 0. The smallest absolute Gasteiger partial charge is 0.300 e. The van der Waals surface area contributed by atoms with Crippen molar-refractivity contribution in [1.82, 2.24) is 18.9 Å². The summed E-state index contributed by atoms with van der Waals surface area (Å²) in [4.78, 5) is 24.4. The second-order valence-corrected chi connectivity index (χ2v) is 5.67. The summed E-state index contributed by atoms with van der Waals surface area (Å²) >= 11 is 3.49. The number of nitrogens with zero attached hydrogens (tertiary/aromatic N) is 4. The van der Waals surface area contributed by atoms with Gasteiger partial charge in [0.25, 0.3) is 5.56 Å². The average Bonchev–Trinajstić information content (AvgIpc) is 2.73. The van der Waals surface area contributed by atoms with E-state index in [4.69, 9.17) is 0 Å². The van der Waals surface area contributed by atoms with Gasteiger partial charge >= 0.3 is 5.69 Å². The van der Waals surface area contributed by atoms with Gasteiger partial charge in [-0.25, -0.2) is 4.79 Å². The molecule has 0 bridgehead atoms. The van der Waals surface area contributed by atoms with Gasteiger partial charge < -0.3 is 4.57 Å². The topological polar surface area (TPSA) is 61.8 Å². The zero-order chi connectivity index (χ0) is 15.6. The molecule has 0 unspecified atom stereocenters. The van der Waals surface area contributed by atoms with Crippen LogP contribution in [0.3, 0.4) is 0 Å². The molecule has 0 amide bonds. The molecule has 0 aliphatic carbocycles. The Morgan fingerprint density at radius 3 is 2.62 bits per heavy atom. The van der Waals surface area contributed by atoms with Crippen molar-refractivity contribution in [2.45, 2.75) is 46.8 Å². The Hall–Kier alpha value is -1.63. The van der Waals surface area contributed by atoms with Crippen LogP contribution in [0.15, 0.2) is 26.3 Å². The minimum Gasteiger partial charge on any atom is -0.300 e. The van der Waals surface area contributed by atoms with E-state index in [9.17, 15) is 9.59 Å². The Bertz CT molecular complexity index is 757. The number of hydrogen-bond acceptors (Lipinski definition) is 3. The van der Waals surface area contributed by atoms with Crippen molar-refractivity contribution < 1.29 is 0 Å². The van der Waals surface area contributed by atoms with Gasteiger partial charge in [0.2, 0.25) is 0 Å². The maximum absolute atomic E-state index is 12.4. The molecule has 2 rings (SSSR count). The van der Waals surface area contributed by atoms with Crippen LogP contribution in [0.4, 0.5) is 0 Å². The Labute approximate surface area is 131 Å². The molecular weight excluding hydrogens is 336 g/mol. The predicted molar refractivity (Wildman–Crippen MR) is 84.7 cm³/mol. The van der Waals surface area contributed by atoms with Gasteiger partial charge in [0.1, 0.15) is 0 Å². The van der Waals surface area contributed by atoms with E-state index in [0.29, 0.717) is 13.1 Å². The molecule has 114 valence electrons. The maximum atomic E-state index is 12.4. The van der Waals surface area contributed by atoms with Crippen molar-refractivity contribution in [1.29, 1.82) is 0 Å². The number of hydrogen-bond donors (Lipinski definition) is 0. The van der Waals surface area contributed by atoms with Crippen LogP contribution in [0.2, 0.25) is 0 Å². The van der Waals surface area contributed by atoms with E-state index in [-0.39, 0.29) is 17.8 Å². The lowest BCUT2D eigenvalue weighted by molar-refractivity contribution is 0.541. The molecule has 0 spiro atoms. The van der Waals surface area contributed by atoms with Crippen LogP contribution in [0.1, 0.15) is 31.7 Å². The third kappa shape index (κ3) is 3.02. The number of aryl methyl sites for hydroxylation is 3. The van der Waals surface area contributed by atoms with E-state index in [1.165, 1.54) is 10.6 Å². The fourth-order valence-corrected chi connectivity index (χ4v) is 2.69. The molecule has 21 heavy (non-hydrogen) atoms. The van der Waals surface area contributed by atoms with Crippen LogP contribution in [0, 0.1) is 6.92 Å². The molecule has 0 saturated carbocycles. The second-order valence-electron chi connectivity index (χ2n) is 4.88. The summed E-state index contributed by atoms with van der Waals surface area (Å²) < 4.78 is 5.47. The summed E-state index contributed by atoms with van der Waals surface area (Å²) in [5.74, 6) is 0. The molecule has 7 heteroatoms. The van der Waals surface area contributed by atoms with Crippen LogP contribution in [-0.2, 0) is 19.6 Å². The Balaban J connectivity index is 2.52. The van der Waals surface area contributed by atoms with Gasteiger partial charge in [-0.15, -0.1) is 0 Å². The van der Waals surface area contributed by atoms with Crippen LogP contribution < -0.4 is 11.2 Å². The van der Waals surface area contributed by atoms with Crippen molar-refractivity contribution in [3.8, 4) is 0 Å². The lowest BCUT2D eigenvalue weighted by atomic mass is 10.3. The summed E-state index contributed by atoms with van der Waals surface area (Å²) in [5, 5.41) is 4.39. The van der Waals surface area contributed by atoms with E-state index in [0.717, 1.165) is 22.3 Å². The van der Waals surface area contributed by atoms with Gasteiger partial charge in [-0.05, 0) is 36.2 Å². The SMILES string of the molecule is CCCn1ccc(=O)n(Cc2c(Br)c(C)nn2CC)c1=O. The van der Waals surface area contributed by atoms with Gasteiger partial charge in [-0.3, -0.25) is 14.0 Å². The lowest BCUT2D eigenvalue weighted by Gasteiger charge is -2.10. The fraction of sp³-hybridized carbons (Fsp3) is 0.500. The summed E-state index contributed by atoms with van der Waals surface area (Å²) in [6, 6.07) is 1.43. The quantitative estimate of drug-likeness (QED) is 0.821. The van der Waals surface area contributed by atoms with Crippen LogP contribution in [0.5, 0.6) is 0 Å². The molecule has 0 saturated heterocycles. The van der Waals surface area contributed by atoms with Gasteiger partial charge in [0, 0.05) is 25.4 Å². The second kappa shape index (κ2) is 6.43. The third-order valence-corrected chi connectivity index (χ3v) is 4.40. The van der Waals surface area contributed by atoms with Crippen molar-refractivity contribution in [2.24, 2.45) is 0 Å². The largest absolute Gasteiger partial charge is 0.331 e. The molecule has 0 aliphatic heterocycles. The first-order valence-electron chi connectivity index (χ1n) is 7.01. The van der Waals surface area contributed by atoms with Crippen LogP contribution in [0.25, 0.3) is 0 Å². The summed E-state index contributed by atoms with van der Waals surface area (Å²) in [6.07, 6.45) is 2.40. The zero-order valence-corrected chi connectivity index (χ0v) is 14.1. The monoisotopic (exact) mass is 354 g/mol. The van der Waals surface area contributed by atoms with Crippen LogP contribution >= 0.6 is 15.9 Å². The van der Waals surface area contributed by atoms with E-state index < -0.39 is 0 Å². The molecule has 0 radical (unpaired) electrons. The van der Waals surface area contributed by atoms with E-state index in [2.05, 4.69) is 21.0 Å². The summed E-state index contributed by atoms with van der Waals surface area (Å²) in [5.41, 5.74) is 1.12. The average molecular weight is 355 g/mol. The normalized spacial score (nSPS) is 11.0. The standard InChI is InChI=1S/C14H19BrN4O2/c1-4-7-17-8-6-12(20)18(14(17)21)9-11-13(15)10(3)16-19(11)5-2/h6,8H,4-5,7,9H2,1-3H3. The molecule has 0 aliphatic rings. The first-order valence-corrected chi connectivity index (χ1v) is 7.80. The highest BCUT2D eigenvalue weighted by Crippen LogP contribution is 2.21. The zero-order valence-electron chi connectivity index (χ0n) is 12.5. The van der Waals surface area contributed by atoms with Crippen molar-refractivity contribution >= 4 is 15.9 Å². The van der Waals surface area contributed by atoms with Gasteiger partial charge in [0.05, 0.1) is 22.4 Å². The Morgan fingerprint density at radius 1 is 1.29 bits per heavy atom. The first kappa shape index (κ1) is 15.8. The molecule has 2 aromatic rings. The first-order chi connectivity index (χ1) is 9.99. The molecular formula is C14H19BrN4O2. The minimum absolute atomic E-state index is 0.220. The molecule has 2 aromatic heterocycles. The fourth-order valence-electron chi connectivity index (χ4n) is 2.28. The van der Waals surface area contributed by atoms with Crippen LogP contribution in [-0.4, -0.2) is 18.9 Å². The van der Waals surface area contributed by atoms with Gasteiger partial charge in [0.15, 0.2) is 0 Å². The number of rotatable bonds is 5. The highest BCUT2D eigenvalue weighted by molar-refractivity contribution is 9.10. The van der Waals surface area contributed by atoms with Crippen molar-refractivity contribution in [3.05, 3.63) is 49.0 Å².